The predicted octanol–water partition coefficient (Wildman–Crippen LogP) is 1.94. The molecule has 1 aromatic heterocycles. The number of carbonyl (C=O) groups is 1. The van der Waals surface area contributed by atoms with E-state index in [0.717, 1.165) is 22.9 Å². The molecule has 138 valence electrons. The first-order chi connectivity index (χ1) is 12.3. The minimum Gasteiger partial charge on any atom is -0.483 e. The average Bonchev–Trinajstić information content (AvgIpc) is 2.94. The number of rotatable bonds is 3. The SMILES string of the molecule is Cc1cc(OCC(=O)N2C[C@@H]3C[C@H](O)[C@@H]3C2)c2c(C)c(C)c(=O)oc2c1. The van der Waals surface area contributed by atoms with Crippen molar-refractivity contribution in [2.24, 2.45) is 11.8 Å². The van der Waals surface area contributed by atoms with Gasteiger partial charge in [0, 0.05) is 24.6 Å². The lowest BCUT2D eigenvalue weighted by atomic mass is 9.74. The lowest BCUT2D eigenvalue weighted by molar-refractivity contribution is -0.132. The highest BCUT2D eigenvalue weighted by Gasteiger charge is 2.47. The molecule has 2 aromatic rings. The number of hydrogen-bond acceptors (Lipinski definition) is 5. The Morgan fingerprint density at radius 1 is 1.27 bits per heavy atom. The van der Waals surface area contributed by atoms with Gasteiger partial charge in [-0.1, -0.05) is 0 Å². The maximum absolute atomic E-state index is 12.5. The molecule has 0 unspecified atom stereocenters. The second kappa shape index (κ2) is 6.13. The molecule has 1 aliphatic carbocycles. The Morgan fingerprint density at radius 2 is 2.04 bits per heavy atom. The maximum Gasteiger partial charge on any atom is 0.339 e. The molecule has 2 heterocycles. The van der Waals surface area contributed by atoms with Gasteiger partial charge in [-0.3, -0.25) is 4.79 Å². The van der Waals surface area contributed by atoms with Crippen LogP contribution in [0.25, 0.3) is 11.0 Å². The maximum atomic E-state index is 12.5. The number of amides is 1. The molecule has 1 saturated carbocycles. The quantitative estimate of drug-likeness (QED) is 0.849. The van der Waals surface area contributed by atoms with Crippen molar-refractivity contribution in [2.75, 3.05) is 19.7 Å². The van der Waals surface area contributed by atoms with E-state index in [2.05, 4.69) is 0 Å². The first-order valence-electron chi connectivity index (χ1n) is 8.98. The number of hydrogen-bond donors (Lipinski definition) is 1. The molecular weight excluding hydrogens is 334 g/mol. The molecule has 6 nitrogen and oxygen atoms in total. The predicted molar refractivity (Wildman–Crippen MR) is 96.4 cm³/mol. The van der Waals surface area contributed by atoms with Gasteiger partial charge in [-0.05, 0) is 56.4 Å². The molecule has 6 heteroatoms. The Morgan fingerprint density at radius 3 is 2.73 bits per heavy atom. The van der Waals surface area contributed by atoms with E-state index in [4.69, 9.17) is 9.15 Å². The van der Waals surface area contributed by atoms with Gasteiger partial charge >= 0.3 is 5.63 Å². The Labute approximate surface area is 151 Å². The van der Waals surface area contributed by atoms with Crippen LogP contribution in [0.5, 0.6) is 5.75 Å². The second-order valence-electron chi connectivity index (χ2n) is 7.59. The zero-order chi connectivity index (χ0) is 18.6. The average molecular weight is 357 g/mol. The van der Waals surface area contributed by atoms with Gasteiger partial charge in [-0.2, -0.15) is 0 Å². The highest BCUT2D eigenvalue weighted by molar-refractivity contribution is 5.88. The smallest absolute Gasteiger partial charge is 0.339 e. The molecule has 2 aliphatic rings. The molecule has 26 heavy (non-hydrogen) atoms. The molecule has 1 aliphatic heterocycles. The summed E-state index contributed by atoms with van der Waals surface area (Å²) >= 11 is 0. The lowest BCUT2D eigenvalue weighted by Crippen LogP contribution is -2.40. The summed E-state index contributed by atoms with van der Waals surface area (Å²) in [5, 5.41) is 10.5. The number of fused-ring (bicyclic) bond motifs is 2. The zero-order valence-corrected chi connectivity index (χ0v) is 15.2. The van der Waals surface area contributed by atoms with Crippen molar-refractivity contribution in [3.63, 3.8) is 0 Å². The van der Waals surface area contributed by atoms with Crippen LogP contribution in [0.2, 0.25) is 0 Å². The van der Waals surface area contributed by atoms with Crippen LogP contribution in [0.15, 0.2) is 21.3 Å². The first-order valence-corrected chi connectivity index (χ1v) is 8.98. The summed E-state index contributed by atoms with van der Waals surface area (Å²) in [6.45, 7) is 6.72. The van der Waals surface area contributed by atoms with Gasteiger partial charge in [-0.25, -0.2) is 4.79 Å². The van der Waals surface area contributed by atoms with Crippen LogP contribution in [-0.2, 0) is 4.79 Å². The summed E-state index contributed by atoms with van der Waals surface area (Å²) in [6, 6.07) is 3.66. The number of carbonyl (C=O) groups excluding carboxylic acids is 1. The summed E-state index contributed by atoms with van der Waals surface area (Å²) in [5.41, 5.74) is 2.37. The molecule has 1 aromatic carbocycles. The van der Waals surface area contributed by atoms with E-state index in [1.807, 2.05) is 19.9 Å². The van der Waals surface area contributed by atoms with E-state index in [1.54, 1.807) is 17.9 Å². The van der Waals surface area contributed by atoms with Crippen LogP contribution in [-0.4, -0.2) is 41.7 Å². The normalized spacial score (nSPS) is 24.5. The van der Waals surface area contributed by atoms with Gasteiger partial charge in [0.15, 0.2) is 6.61 Å². The number of aliphatic hydroxyl groups is 1. The van der Waals surface area contributed by atoms with E-state index in [9.17, 15) is 14.7 Å². The number of benzene rings is 1. The van der Waals surface area contributed by atoms with Crippen LogP contribution < -0.4 is 10.4 Å². The Bertz CT molecular complexity index is 947. The highest BCUT2D eigenvalue weighted by atomic mass is 16.5. The molecule has 0 bridgehead atoms. The largest absolute Gasteiger partial charge is 0.483 e. The van der Waals surface area contributed by atoms with E-state index in [0.29, 0.717) is 35.9 Å². The Kier molecular flexibility index (Phi) is 4.03. The van der Waals surface area contributed by atoms with E-state index in [1.165, 1.54) is 0 Å². The van der Waals surface area contributed by atoms with Gasteiger partial charge in [0.05, 0.1) is 11.5 Å². The fourth-order valence-electron chi connectivity index (χ4n) is 4.11. The number of aliphatic hydroxyl groups excluding tert-OH is 1. The van der Waals surface area contributed by atoms with Crippen molar-refractivity contribution in [1.29, 1.82) is 0 Å². The number of nitrogens with zero attached hydrogens (tertiary/aromatic N) is 1. The Balaban J connectivity index is 1.56. The summed E-state index contributed by atoms with van der Waals surface area (Å²) in [7, 11) is 0. The van der Waals surface area contributed by atoms with Crippen LogP contribution >= 0.6 is 0 Å². The number of likely N-dealkylation sites (tertiary alicyclic amines) is 1. The van der Waals surface area contributed by atoms with Crippen molar-refractivity contribution in [3.8, 4) is 5.75 Å². The van der Waals surface area contributed by atoms with E-state index >= 15 is 0 Å². The third kappa shape index (κ3) is 2.69. The van der Waals surface area contributed by atoms with Crippen molar-refractivity contribution < 1.29 is 19.1 Å². The molecular formula is C20H23NO5. The van der Waals surface area contributed by atoms with Crippen molar-refractivity contribution in [3.05, 3.63) is 39.2 Å². The van der Waals surface area contributed by atoms with Crippen molar-refractivity contribution in [1.82, 2.24) is 4.90 Å². The molecule has 1 N–H and O–H groups in total. The lowest BCUT2D eigenvalue weighted by Gasteiger charge is -2.34. The molecule has 3 atom stereocenters. The van der Waals surface area contributed by atoms with Crippen LogP contribution in [0.1, 0.15) is 23.1 Å². The topological polar surface area (TPSA) is 80.0 Å². The third-order valence-electron chi connectivity index (χ3n) is 5.89. The fraction of sp³-hybridized carbons (Fsp3) is 0.500. The van der Waals surface area contributed by atoms with Gasteiger partial charge in [0.25, 0.3) is 5.91 Å². The molecule has 1 saturated heterocycles. The first kappa shape index (κ1) is 17.1. The fourth-order valence-corrected chi connectivity index (χ4v) is 4.11. The summed E-state index contributed by atoms with van der Waals surface area (Å²) < 4.78 is 11.2. The Hall–Kier alpha value is -2.34. The molecule has 0 spiro atoms. The molecule has 1 amide bonds. The van der Waals surface area contributed by atoms with Gasteiger partial charge < -0.3 is 19.2 Å². The van der Waals surface area contributed by atoms with Crippen LogP contribution in [0.3, 0.4) is 0 Å². The molecule has 0 radical (unpaired) electrons. The zero-order valence-electron chi connectivity index (χ0n) is 15.2. The molecule has 4 rings (SSSR count). The molecule has 2 fully saturated rings. The van der Waals surface area contributed by atoms with E-state index in [-0.39, 0.29) is 30.2 Å². The minimum atomic E-state index is -0.353. The van der Waals surface area contributed by atoms with Gasteiger partial charge in [0.2, 0.25) is 0 Å². The monoisotopic (exact) mass is 357 g/mol. The van der Waals surface area contributed by atoms with Gasteiger partial charge in [-0.15, -0.1) is 0 Å². The van der Waals surface area contributed by atoms with Gasteiger partial charge in [0.1, 0.15) is 11.3 Å². The van der Waals surface area contributed by atoms with Crippen LogP contribution in [0, 0.1) is 32.6 Å². The minimum absolute atomic E-state index is 0.0638. The number of ether oxygens (including phenoxy) is 1. The summed E-state index contributed by atoms with van der Waals surface area (Å²) in [6.07, 6.45) is 0.517. The third-order valence-corrected chi connectivity index (χ3v) is 5.89. The second-order valence-corrected chi connectivity index (χ2v) is 7.59. The highest BCUT2D eigenvalue weighted by Crippen LogP contribution is 2.40. The number of aryl methyl sites for hydroxylation is 2. The summed E-state index contributed by atoms with van der Waals surface area (Å²) in [5.74, 6) is 1.12. The standard InChI is InChI=1S/C20H23NO5/c1-10-4-16(19-11(2)12(3)20(24)26-17(19)5-10)25-9-18(23)21-7-13-6-15(22)14(13)8-21/h4-5,13-15,22H,6-9H2,1-3H3/t13-,14+,15-/m0/s1. The van der Waals surface area contributed by atoms with E-state index < -0.39 is 0 Å². The summed E-state index contributed by atoms with van der Waals surface area (Å²) in [4.78, 5) is 26.2. The van der Waals surface area contributed by atoms with Crippen LogP contribution in [0.4, 0.5) is 0 Å². The van der Waals surface area contributed by atoms with Crippen molar-refractivity contribution in [2.45, 2.75) is 33.3 Å². The van der Waals surface area contributed by atoms with Crippen molar-refractivity contribution >= 4 is 16.9 Å².